The van der Waals surface area contributed by atoms with Crippen molar-refractivity contribution in [2.45, 2.75) is 64.1 Å². The first-order valence-corrected chi connectivity index (χ1v) is 9.42. The van der Waals surface area contributed by atoms with Gasteiger partial charge < -0.3 is 14.2 Å². The van der Waals surface area contributed by atoms with Gasteiger partial charge in [-0.05, 0) is 52.2 Å². The Bertz CT molecular complexity index is 751. The van der Waals surface area contributed by atoms with Crippen LogP contribution in [0.2, 0.25) is 0 Å². The van der Waals surface area contributed by atoms with Crippen molar-refractivity contribution in [3.05, 3.63) is 30.1 Å². The molecule has 136 valence electrons. The molecule has 5 nitrogen and oxygen atoms in total. The second-order valence-electron chi connectivity index (χ2n) is 7.58. The summed E-state index contributed by atoms with van der Waals surface area (Å²) in [6, 6.07) is 8.13. The molecule has 0 radical (unpaired) electrons. The second-order valence-corrected chi connectivity index (χ2v) is 7.85. The predicted molar refractivity (Wildman–Crippen MR) is 99.9 cm³/mol. The highest BCUT2D eigenvalue weighted by atomic mass is 35.5. The number of hydrogen-bond donors (Lipinski definition) is 0. The fourth-order valence-electron chi connectivity index (χ4n) is 3.39. The Labute approximate surface area is 153 Å². The van der Waals surface area contributed by atoms with Crippen LogP contribution < -0.4 is 0 Å². The standard InChI is InChI=1S/C19H26ClN3O2/c1-19(2,3)25-18(24)22-11-7-6-8-14(22)13-23-16-10-5-4-9-15(16)21-17(23)12-20/h4-5,9-10,14H,6-8,11-13H2,1-3H3. The number of rotatable bonds is 3. The smallest absolute Gasteiger partial charge is 0.410 e. The third-order valence-electron chi connectivity index (χ3n) is 4.50. The van der Waals surface area contributed by atoms with Gasteiger partial charge in [-0.3, -0.25) is 0 Å². The fourth-order valence-corrected chi connectivity index (χ4v) is 3.60. The van der Waals surface area contributed by atoms with Crippen molar-refractivity contribution in [3.8, 4) is 0 Å². The van der Waals surface area contributed by atoms with Crippen molar-refractivity contribution in [2.24, 2.45) is 0 Å². The van der Waals surface area contributed by atoms with Crippen molar-refractivity contribution in [1.82, 2.24) is 14.5 Å². The number of amides is 1. The molecule has 3 rings (SSSR count). The Balaban J connectivity index is 1.86. The third kappa shape index (κ3) is 4.09. The maximum absolute atomic E-state index is 12.6. The van der Waals surface area contributed by atoms with Gasteiger partial charge in [0.2, 0.25) is 0 Å². The van der Waals surface area contributed by atoms with Crippen LogP contribution >= 0.6 is 11.6 Å². The molecule has 1 aromatic heterocycles. The van der Waals surface area contributed by atoms with E-state index in [0.29, 0.717) is 12.4 Å². The molecular weight excluding hydrogens is 338 g/mol. The normalized spacial score (nSPS) is 18.6. The van der Waals surface area contributed by atoms with Crippen LogP contribution in [-0.2, 0) is 17.2 Å². The van der Waals surface area contributed by atoms with E-state index in [0.717, 1.165) is 42.7 Å². The van der Waals surface area contributed by atoms with Crippen LogP contribution in [0.1, 0.15) is 45.9 Å². The van der Waals surface area contributed by atoms with Gasteiger partial charge >= 0.3 is 6.09 Å². The summed E-state index contributed by atoms with van der Waals surface area (Å²) in [5.41, 5.74) is 1.52. The summed E-state index contributed by atoms with van der Waals surface area (Å²) >= 11 is 6.12. The lowest BCUT2D eigenvalue weighted by atomic mass is 10.0. The minimum atomic E-state index is -0.484. The minimum absolute atomic E-state index is 0.100. The highest BCUT2D eigenvalue weighted by molar-refractivity contribution is 6.16. The van der Waals surface area contributed by atoms with Crippen molar-refractivity contribution >= 4 is 28.7 Å². The van der Waals surface area contributed by atoms with E-state index in [1.165, 1.54) is 0 Å². The first-order chi connectivity index (χ1) is 11.9. The quantitative estimate of drug-likeness (QED) is 0.751. The Morgan fingerprint density at radius 2 is 2.08 bits per heavy atom. The molecule has 0 aliphatic carbocycles. The number of aromatic nitrogens is 2. The van der Waals surface area contributed by atoms with Gasteiger partial charge in [0.25, 0.3) is 0 Å². The molecule has 25 heavy (non-hydrogen) atoms. The summed E-state index contributed by atoms with van der Waals surface area (Å²) in [4.78, 5) is 19.1. The Hall–Kier alpha value is -1.75. The van der Waals surface area contributed by atoms with E-state index in [1.807, 2.05) is 43.9 Å². The lowest BCUT2D eigenvalue weighted by Crippen LogP contribution is -2.48. The molecule has 1 amide bonds. The first kappa shape index (κ1) is 18.1. The number of piperidine rings is 1. The van der Waals surface area contributed by atoms with Crippen LogP contribution in [0.4, 0.5) is 4.79 Å². The Morgan fingerprint density at radius 1 is 1.32 bits per heavy atom. The topological polar surface area (TPSA) is 47.4 Å². The maximum Gasteiger partial charge on any atom is 0.410 e. The number of benzene rings is 1. The van der Waals surface area contributed by atoms with Crippen LogP contribution in [0.25, 0.3) is 11.0 Å². The zero-order chi connectivity index (χ0) is 18.0. The number of para-hydroxylation sites is 2. The third-order valence-corrected chi connectivity index (χ3v) is 4.74. The van der Waals surface area contributed by atoms with Crippen LogP contribution in [0.5, 0.6) is 0 Å². The zero-order valence-corrected chi connectivity index (χ0v) is 15.9. The van der Waals surface area contributed by atoms with Gasteiger partial charge in [0, 0.05) is 13.1 Å². The summed E-state index contributed by atoms with van der Waals surface area (Å²) in [6.45, 7) is 7.14. The Morgan fingerprint density at radius 3 is 2.80 bits per heavy atom. The number of carbonyl (C=O) groups excluding carboxylic acids is 1. The molecule has 0 N–H and O–H groups in total. The molecule has 1 aliphatic heterocycles. The van der Waals surface area contributed by atoms with Crippen LogP contribution in [0.15, 0.2) is 24.3 Å². The second kappa shape index (κ2) is 7.24. The molecule has 1 saturated heterocycles. The van der Waals surface area contributed by atoms with Gasteiger partial charge in [0.15, 0.2) is 0 Å². The first-order valence-electron chi connectivity index (χ1n) is 8.89. The van der Waals surface area contributed by atoms with E-state index in [9.17, 15) is 4.79 Å². The van der Waals surface area contributed by atoms with Crippen LogP contribution in [-0.4, -0.2) is 38.7 Å². The van der Waals surface area contributed by atoms with Crippen molar-refractivity contribution in [2.75, 3.05) is 6.54 Å². The lowest BCUT2D eigenvalue weighted by Gasteiger charge is -2.37. The number of fused-ring (bicyclic) bond motifs is 1. The van der Waals surface area contributed by atoms with E-state index >= 15 is 0 Å². The largest absolute Gasteiger partial charge is 0.444 e. The van der Waals surface area contributed by atoms with Gasteiger partial charge in [-0.1, -0.05) is 12.1 Å². The lowest BCUT2D eigenvalue weighted by molar-refractivity contribution is 0.00785. The maximum atomic E-state index is 12.6. The molecule has 1 atom stereocenters. The number of imidazole rings is 1. The fraction of sp³-hybridized carbons (Fsp3) is 0.579. The van der Waals surface area contributed by atoms with Crippen LogP contribution in [0.3, 0.4) is 0 Å². The van der Waals surface area contributed by atoms with E-state index in [2.05, 4.69) is 15.6 Å². The molecule has 2 heterocycles. The zero-order valence-electron chi connectivity index (χ0n) is 15.2. The van der Waals surface area contributed by atoms with Gasteiger partial charge in [-0.2, -0.15) is 0 Å². The van der Waals surface area contributed by atoms with Crippen molar-refractivity contribution < 1.29 is 9.53 Å². The average Bonchev–Trinajstić information content (AvgIpc) is 2.92. The molecule has 0 bridgehead atoms. The van der Waals surface area contributed by atoms with E-state index in [1.54, 1.807) is 0 Å². The van der Waals surface area contributed by atoms with Gasteiger partial charge in [-0.25, -0.2) is 9.78 Å². The average molecular weight is 364 g/mol. The van der Waals surface area contributed by atoms with E-state index in [4.69, 9.17) is 16.3 Å². The highest BCUT2D eigenvalue weighted by Crippen LogP contribution is 2.25. The number of carbonyl (C=O) groups is 1. The molecule has 1 aromatic carbocycles. The predicted octanol–water partition coefficient (Wildman–Crippen LogP) is 4.56. The van der Waals surface area contributed by atoms with Crippen molar-refractivity contribution in [3.63, 3.8) is 0 Å². The summed E-state index contributed by atoms with van der Waals surface area (Å²) in [5, 5.41) is 0. The summed E-state index contributed by atoms with van der Waals surface area (Å²) in [7, 11) is 0. The monoisotopic (exact) mass is 363 g/mol. The number of likely N-dealkylation sites (tertiary alicyclic amines) is 1. The summed E-state index contributed by atoms with van der Waals surface area (Å²) < 4.78 is 7.76. The molecule has 1 aliphatic rings. The Kier molecular flexibility index (Phi) is 5.23. The molecule has 2 aromatic rings. The summed E-state index contributed by atoms with van der Waals surface area (Å²) in [6.07, 6.45) is 2.87. The van der Waals surface area contributed by atoms with E-state index in [-0.39, 0.29) is 12.1 Å². The van der Waals surface area contributed by atoms with Gasteiger partial charge in [0.05, 0.1) is 23.0 Å². The summed E-state index contributed by atoms with van der Waals surface area (Å²) in [5.74, 6) is 1.20. The van der Waals surface area contributed by atoms with Gasteiger partial charge in [-0.15, -0.1) is 11.6 Å². The molecule has 6 heteroatoms. The number of nitrogens with zero attached hydrogens (tertiary/aromatic N) is 3. The van der Waals surface area contributed by atoms with E-state index < -0.39 is 5.60 Å². The molecule has 0 saturated carbocycles. The minimum Gasteiger partial charge on any atom is -0.444 e. The molecule has 0 spiro atoms. The van der Waals surface area contributed by atoms with Crippen LogP contribution in [0, 0.1) is 0 Å². The van der Waals surface area contributed by atoms with Gasteiger partial charge in [0.1, 0.15) is 11.4 Å². The molecule has 1 fully saturated rings. The number of halogens is 1. The molecular formula is C19H26ClN3O2. The number of ether oxygens (including phenoxy) is 1. The number of alkyl halides is 1. The van der Waals surface area contributed by atoms with Crippen molar-refractivity contribution in [1.29, 1.82) is 0 Å². The SMILES string of the molecule is CC(C)(C)OC(=O)N1CCCCC1Cn1c(CCl)nc2ccccc21. The number of hydrogen-bond acceptors (Lipinski definition) is 3. The highest BCUT2D eigenvalue weighted by Gasteiger charge is 2.31. The molecule has 1 unspecified atom stereocenters.